The number of carbonyl (C=O) groups excluding carboxylic acids is 1. The van der Waals surface area contributed by atoms with Gasteiger partial charge in [0.25, 0.3) is 0 Å². The highest BCUT2D eigenvalue weighted by Crippen LogP contribution is 2.33. The van der Waals surface area contributed by atoms with Gasteiger partial charge in [0.15, 0.2) is 5.78 Å². The Kier molecular flexibility index (Phi) is 7.47. The maximum Gasteiger partial charge on any atom is 0.156 e. The van der Waals surface area contributed by atoms with Gasteiger partial charge in [-0.15, -0.1) is 0 Å². The van der Waals surface area contributed by atoms with Crippen molar-refractivity contribution in [1.82, 2.24) is 0 Å². The highest BCUT2D eigenvalue weighted by atomic mass is 32.1. The lowest BCUT2D eigenvalue weighted by molar-refractivity contribution is -0.116. The Morgan fingerprint density at radius 1 is 0.962 bits per heavy atom. The van der Waals surface area contributed by atoms with Crippen LogP contribution in [0.1, 0.15) is 44.7 Å². The van der Waals surface area contributed by atoms with Crippen LogP contribution in [0.5, 0.6) is 0 Å². The van der Waals surface area contributed by atoms with Gasteiger partial charge in [0, 0.05) is 12.8 Å². The Bertz CT molecular complexity index is 739. The summed E-state index contributed by atoms with van der Waals surface area (Å²) in [6, 6.07) is 20.2. The van der Waals surface area contributed by atoms with Crippen molar-refractivity contribution < 1.29 is 4.79 Å². The molecule has 0 N–H and O–H groups in total. The van der Waals surface area contributed by atoms with E-state index in [9.17, 15) is 4.79 Å². The number of hydrogen-bond donors (Lipinski definition) is 0. The van der Waals surface area contributed by atoms with Crippen LogP contribution in [-0.4, -0.2) is 10.6 Å². The number of hydrogen-bond acceptors (Lipinski definition) is 2. The molecule has 1 nitrogen and oxygen atoms in total. The van der Waals surface area contributed by atoms with E-state index in [2.05, 4.69) is 32.9 Å². The minimum atomic E-state index is 0.0387. The van der Waals surface area contributed by atoms with E-state index >= 15 is 0 Å². The summed E-state index contributed by atoms with van der Waals surface area (Å²) in [4.78, 5) is 13.5. The first kappa shape index (κ1) is 20.3. The molecule has 0 fully saturated rings. The summed E-state index contributed by atoms with van der Waals surface area (Å²) in [7, 11) is 0. The molecule has 2 aromatic rings. The van der Waals surface area contributed by atoms with Crippen molar-refractivity contribution in [2.24, 2.45) is 11.3 Å². The Morgan fingerprint density at radius 3 is 2.12 bits per heavy atom. The molecule has 0 amide bonds. The average Bonchev–Trinajstić information content (AvgIpc) is 2.60. The predicted molar refractivity (Wildman–Crippen MR) is 115 cm³/mol. The van der Waals surface area contributed by atoms with Gasteiger partial charge in [-0.3, -0.25) is 4.79 Å². The lowest BCUT2D eigenvalue weighted by Gasteiger charge is -2.30. The van der Waals surface area contributed by atoms with Crippen LogP contribution in [-0.2, 0) is 11.2 Å². The Morgan fingerprint density at radius 2 is 1.54 bits per heavy atom. The number of carbonyl (C=O) groups is 1. The maximum atomic E-state index is 12.5. The van der Waals surface area contributed by atoms with E-state index in [0.29, 0.717) is 6.42 Å². The zero-order chi connectivity index (χ0) is 19.0. The lowest BCUT2D eigenvalue weighted by Crippen LogP contribution is -2.25. The maximum absolute atomic E-state index is 12.5. The molecule has 0 aliphatic heterocycles. The quantitative estimate of drug-likeness (QED) is 0.402. The molecule has 0 saturated heterocycles. The molecule has 1 atom stereocenters. The molecule has 2 rings (SSSR count). The second kappa shape index (κ2) is 9.59. The first-order valence-electron chi connectivity index (χ1n) is 9.16. The molecule has 0 aromatic heterocycles. The van der Waals surface area contributed by atoms with Crippen LogP contribution in [0.2, 0.25) is 0 Å². The highest BCUT2D eigenvalue weighted by molar-refractivity contribution is 7.80. The average molecular weight is 365 g/mol. The molecule has 0 heterocycles. The van der Waals surface area contributed by atoms with Crippen molar-refractivity contribution in [2.75, 3.05) is 0 Å². The van der Waals surface area contributed by atoms with Crippen LogP contribution in [0.15, 0.2) is 66.7 Å². The summed E-state index contributed by atoms with van der Waals surface area (Å²) in [5.74, 6) is 0.405. The van der Waals surface area contributed by atoms with Crippen LogP contribution < -0.4 is 0 Å². The van der Waals surface area contributed by atoms with Gasteiger partial charge in [-0.1, -0.05) is 99.7 Å². The van der Waals surface area contributed by atoms with Gasteiger partial charge in [-0.25, -0.2) is 0 Å². The van der Waals surface area contributed by atoms with E-state index in [0.717, 1.165) is 23.3 Å². The van der Waals surface area contributed by atoms with Crippen molar-refractivity contribution in [3.63, 3.8) is 0 Å². The van der Waals surface area contributed by atoms with Gasteiger partial charge in [-0.2, -0.15) is 0 Å². The van der Waals surface area contributed by atoms with Crippen LogP contribution in [0.4, 0.5) is 0 Å². The zero-order valence-electron chi connectivity index (χ0n) is 15.9. The van der Waals surface area contributed by atoms with Gasteiger partial charge in [0.2, 0.25) is 0 Å². The van der Waals surface area contributed by atoms with Gasteiger partial charge >= 0.3 is 0 Å². The van der Waals surface area contributed by atoms with Crippen molar-refractivity contribution in [1.29, 1.82) is 0 Å². The van der Waals surface area contributed by atoms with Gasteiger partial charge in [-0.05, 0) is 39.8 Å². The molecular weight excluding hydrogens is 336 g/mol. The fourth-order valence-electron chi connectivity index (χ4n) is 2.92. The smallest absolute Gasteiger partial charge is 0.156 e. The Labute approximate surface area is 163 Å². The number of benzene rings is 2. The van der Waals surface area contributed by atoms with Crippen LogP contribution in [0.25, 0.3) is 6.08 Å². The zero-order valence-corrected chi connectivity index (χ0v) is 16.8. The van der Waals surface area contributed by atoms with Gasteiger partial charge in [0.05, 0.1) is 0 Å². The monoisotopic (exact) mass is 364 g/mol. The molecule has 0 bridgehead atoms. The lowest BCUT2D eigenvalue weighted by atomic mass is 9.75. The summed E-state index contributed by atoms with van der Waals surface area (Å²) >= 11 is 5.65. The third-order valence-electron chi connectivity index (χ3n) is 4.65. The minimum Gasteiger partial charge on any atom is -0.295 e. The number of ketones is 1. The standard InChI is InChI=1S/C24H28OS/c1-24(2,3)21(18-23(26)16-20-12-8-5-9-13-20)17-22(25)15-14-19-10-6-4-7-11-19/h4-15,21H,16-18H2,1-3H3/b15-14+. The molecule has 26 heavy (non-hydrogen) atoms. The van der Waals surface area contributed by atoms with E-state index in [-0.39, 0.29) is 17.1 Å². The van der Waals surface area contributed by atoms with E-state index < -0.39 is 0 Å². The van der Waals surface area contributed by atoms with Crippen LogP contribution >= 0.6 is 12.2 Å². The van der Waals surface area contributed by atoms with Crippen molar-refractivity contribution >= 4 is 28.9 Å². The van der Waals surface area contributed by atoms with E-state index in [1.807, 2.05) is 54.6 Å². The summed E-state index contributed by atoms with van der Waals surface area (Å²) in [5, 5.41) is 0. The number of thiocarbonyl (C=S) groups is 1. The first-order valence-corrected chi connectivity index (χ1v) is 9.57. The fourth-order valence-corrected chi connectivity index (χ4v) is 3.29. The third kappa shape index (κ3) is 7.05. The molecule has 0 radical (unpaired) electrons. The third-order valence-corrected chi connectivity index (χ3v) is 4.96. The SMILES string of the molecule is CC(C)(C)C(CC(=O)/C=C/c1ccccc1)CC(=S)Cc1ccccc1. The van der Waals surface area contributed by atoms with E-state index in [1.54, 1.807) is 6.08 Å². The minimum absolute atomic E-state index is 0.0387. The number of allylic oxidation sites excluding steroid dienone is 1. The molecule has 1 unspecified atom stereocenters. The predicted octanol–water partition coefficient (Wildman–Crippen LogP) is 6.32. The second-order valence-electron chi connectivity index (χ2n) is 7.88. The Hall–Kier alpha value is -2.06. The highest BCUT2D eigenvalue weighted by Gasteiger charge is 2.27. The Balaban J connectivity index is 1.97. The molecule has 0 spiro atoms. The van der Waals surface area contributed by atoms with Crippen molar-refractivity contribution in [2.45, 2.75) is 40.0 Å². The summed E-state index contributed by atoms with van der Waals surface area (Å²) in [5.41, 5.74) is 2.32. The summed E-state index contributed by atoms with van der Waals surface area (Å²) in [6.07, 6.45) is 5.73. The molecule has 2 heteroatoms. The largest absolute Gasteiger partial charge is 0.295 e. The normalized spacial score (nSPS) is 12.9. The molecule has 0 aliphatic carbocycles. The van der Waals surface area contributed by atoms with Crippen LogP contribution in [0, 0.1) is 11.3 Å². The van der Waals surface area contributed by atoms with Crippen molar-refractivity contribution in [3.8, 4) is 0 Å². The molecular formula is C24H28OS. The molecule has 136 valence electrons. The topological polar surface area (TPSA) is 17.1 Å². The first-order chi connectivity index (χ1) is 12.3. The molecule has 2 aromatic carbocycles. The van der Waals surface area contributed by atoms with E-state index in [4.69, 9.17) is 12.2 Å². The molecule has 0 aliphatic rings. The summed E-state index contributed by atoms with van der Waals surface area (Å²) in [6.45, 7) is 6.57. The van der Waals surface area contributed by atoms with Gasteiger partial charge < -0.3 is 0 Å². The second-order valence-corrected chi connectivity index (χ2v) is 8.46. The fraction of sp³-hybridized carbons (Fsp3) is 0.333. The molecule has 0 saturated carbocycles. The van der Waals surface area contributed by atoms with E-state index in [1.165, 1.54) is 5.56 Å². The van der Waals surface area contributed by atoms with Gasteiger partial charge in [0.1, 0.15) is 0 Å². The number of rotatable bonds is 8. The summed E-state index contributed by atoms with van der Waals surface area (Å²) < 4.78 is 0. The van der Waals surface area contributed by atoms with Crippen LogP contribution in [0.3, 0.4) is 0 Å². The van der Waals surface area contributed by atoms with Crippen molar-refractivity contribution in [3.05, 3.63) is 77.9 Å².